The molecule has 0 bridgehead atoms. The molecule has 0 radical (unpaired) electrons. The lowest BCUT2D eigenvalue weighted by molar-refractivity contribution is 0.176. The van der Waals surface area contributed by atoms with Crippen LogP contribution in [0.2, 0.25) is 0 Å². The first-order valence-corrected chi connectivity index (χ1v) is 6.23. The second-order valence-corrected chi connectivity index (χ2v) is 4.73. The highest BCUT2D eigenvalue weighted by Gasteiger charge is 2.18. The van der Waals surface area contributed by atoms with Crippen LogP contribution in [-0.2, 0) is 6.42 Å². The predicted molar refractivity (Wildman–Crippen MR) is 65.9 cm³/mol. The van der Waals surface area contributed by atoms with Gasteiger partial charge in [0.2, 0.25) is 0 Å². The minimum absolute atomic E-state index is 0.0144. The van der Waals surface area contributed by atoms with Gasteiger partial charge in [0.05, 0.1) is 18.1 Å². The van der Waals surface area contributed by atoms with E-state index < -0.39 is 17.7 Å². The summed E-state index contributed by atoms with van der Waals surface area (Å²) in [5.74, 6) is -1.26. The topological polar surface area (TPSA) is 29.5 Å². The number of rotatable bonds is 4. The van der Waals surface area contributed by atoms with Gasteiger partial charge in [-0.2, -0.15) is 0 Å². The van der Waals surface area contributed by atoms with Crippen molar-refractivity contribution in [1.29, 1.82) is 0 Å². The van der Waals surface area contributed by atoms with E-state index in [0.29, 0.717) is 10.6 Å². The van der Waals surface area contributed by atoms with Gasteiger partial charge in [-0.05, 0) is 23.1 Å². The molecule has 0 aliphatic heterocycles. The fraction of sp³-hybridized carbons (Fsp3) is 0.231. The molecule has 1 aromatic carbocycles. The molecule has 2 rings (SSSR count). The number of aliphatic hydroxyl groups is 1. The molecule has 18 heavy (non-hydrogen) atoms. The number of ether oxygens (including phenoxy) is 1. The van der Waals surface area contributed by atoms with Gasteiger partial charge in [0.1, 0.15) is 5.75 Å². The molecule has 0 fully saturated rings. The number of hydrogen-bond acceptors (Lipinski definition) is 3. The molecule has 0 saturated carbocycles. The van der Waals surface area contributed by atoms with Gasteiger partial charge in [0.25, 0.3) is 0 Å². The van der Waals surface area contributed by atoms with Gasteiger partial charge in [0.15, 0.2) is 11.6 Å². The second-order valence-electron chi connectivity index (χ2n) is 3.79. The zero-order chi connectivity index (χ0) is 13.1. The van der Waals surface area contributed by atoms with E-state index in [4.69, 9.17) is 4.74 Å². The van der Waals surface area contributed by atoms with Crippen molar-refractivity contribution < 1.29 is 18.6 Å². The summed E-state index contributed by atoms with van der Waals surface area (Å²) in [5, 5.41) is 11.8. The van der Waals surface area contributed by atoms with Crippen LogP contribution in [0.1, 0.15) is 16.5 Å². The van der Waals surface area contributed by atoms with Crippen LogP contribution in [0.4, 0.5) is 8.78 Å². The number of methoxy groups -OCH3 is 1. The Morgan fingerprint density at radius 3 is 2.83 bits per heavy atom. The molecule has 0 spiro atoms. The van der Waals surface area contributed by atoms with Crippen LogP contribution in [0, 0.1) is 11.6 Å². The van der Waals surface area contributed by atoms with Gasteiger partial charge in [-0.3, -0.25) is 0 Å². The molecule has 1 heterocycles. The van der Waals surface area contributed by atoms with Crippen molar-refractivity contribution in [2.75, 3.05) is 7.11 Å². The summed E-state index contributed by atoms with van der Waals surface area (Å²) < 4.78 is 31.6. The Hall–Kier alpha value is -1.46. The first kappa shape index (κ1) is 13.0. The Bertz CT molecular complexity index is 540. The van der Waals surface area contributed by atoms with E-state index in [1.807, 2.05) is 0 Å². The van der Waals surface area contributed by atoms with Crippen molar-refractivity contribution in [2.24, 2.45) is 0 Å². The molecule has 0 aliphatic carbocycles. The van der Waals surface area contributed by atoms with Crippen molar-refractivity contribution in [2.45, 2.75) is 12.5 Å². The Kier molecular flexibility index (Phi) is 3.93. The van der Waals surface area contributed by atoms with Gasteiger partial charge in [-0.15, -0.1) is 11.3 Å². The fourth-order valence-electron chi connectivity index (χ4n) is 1.73. The molecule has 1 atom stereocenters. The summed E-state index contributed by atoms with van der Waals surface area (Å²) in [4.78, 5) is 0.612. The number of aliphatic hydroxyl groups excluding tert-OH is 1. The number of benzene rings is 1. The lowest BCUT2D eigenvalue weighted by Gasteiger charge is -2.11. The number of thiophene rings is 1. The first-order chi connectivity index (χ1) is 8.63. The smallest absolute Gasteiger partial charge is 0.162 e. The quantitative estimate of drug-likeness (QED) is 0.923. The Morgan fingerprint density at radius 2 is 2.11 bits per heavy atom. The third-order valence-corrected chi connectivity index (χ3v) is 3.62. The maximum atomic E-state index is 13.5. The van der Waals surface area contributed by atoms with Crippen molar-refractivity contribution in [3.8, 4) is 5.75 Å². The van der Waals surface area contributed by atoms with Crippen LogP contribution in [-0.4, -0.2) is 12.2 Å². The number of halogens is 2. The van der Waals surface area contributed by atoms with Gasteiger partial charge < -0.3 is 9.84 Å². The van der Waals surface area contributed by atoms with E-state index in [9.17, 15) is 13.9 Å². The highest BCUT2D eigenvalue weighted by atomic mass is 32.1. The molecule has 1 aromatic heterocycles. The summed E-state index contributed by atoms with van der Waals surface area (Å²) in [5.41, 5.74) is 0.151. The molecule has 5 heteroatoms. The average molecular weight is 270 g/mol. The zero-order valence-corrected chi connectivity index (χ0v) is 10.5. The molecule has 96 valence electrons. The van der Waals surface area contributed by atoms with Gasteiger partial charge in [0, 0.05) is 6.42 Å². The third kappa shape index (κ3) is 2.52. The molecule has 2 aromatic rings. The van der Waals surface area contributed by atoms with E-state index in [0.717, 1.165) is 6.07 Å². The standard InChI is InChI=1S/C13H12F2O2S/c1-17-11-5-6-18-13(11)10(16)7-8-3-2-4-9(14)12(8)15/h2-6,10,16H,7H2,1H3. The highest BCUT2D eigenvalue weighted by molar-refractivity contribution is 7.10. The predicted octanol–water partition coefficient (Wildman–Crippen LogP) is 3.31. The van der Waals surface area contributed by atoms with E-state index in [1.165, 1.54) is 30.6 Å². The van der Waals surface area contributed by atoms with Crippen LogP contribution >= 0.6 is 11.3 Å². The van der Waals surface area contributed by atoms with Crippen molar-refractivity contribution in [3.05, 3.63) is 51.7 Å². The maximum Gasteiger partial charge on any atom is 0.162 e. The van der Waals surface area contributed by atoms with E-state index >= 15 is 0 Å². The maximum absolute atomic E-state index is 13.5. The molecule has 0 aliphatic rings. The third-order valence-electron chi connectivity index (χ3n) is 2.62. The lowest BCUT2D eigenvalue weighted by atomic mass is 10.1. The molecule has 1 unspecified atom stereocenters. The van der Waals surface area contributed by atoms with Crippen molar-refractivity contribution in [3.63, 3.8) is 0 Å². The second kappa shape index (κ2) is 5.46. The van der Waals surface area contributed by atoms with Crippen LogP contribution in [0.25, 0.3) is 0 Å². The van der Waals surface area contributed by atoms with Gasteiger partial charge in [-0.1, -0.05) is 12.1 Å². The molecule has 2 nitrogen and oxygen atoms in total. The highest BCUT2D eigenvalue weighted by Crippen LogP contribution is 2.33. The Labute approximate surface area is 107 Å². The van der Waals surface area contributed by atoms with Crippen LogP contribution in [0.15, 0.2) is 29.6 Å². The summed E-state index contributed by atoms with van der Waals surface area (Å²) >= 11 is 1.32. The van der Waals surface area contributed by atoms with Crippen LogP contribution in [0.3, 0.4) is 0 Å². The number of hydrogen-bond donors (Lipinski definition) is 1. The summed E-state index contributed by atoms with van der Waals surface area (Å²) in [6.45, 7) is 0. The van der Waals surface area contributed by atoms with Crippen LogP contribution in [0.5, 0.6) is 5.75 Å². The monoisotopic (exact) mass is 270 g/mol. The van der Waals surface area contributed by atoms with Crippen LogP contribution < -0.4 is 4.74 Å². The first-order valence-electron chi connectivity index (χ1n) is 5.35. The Balaban J connectivity index is 2.21. The lowest BCUT2D eigenvalue weighted by Crippen LogP contribution is -2.04. The minimum Gasteiger partial charge on any atom is -0.495 e. The fourth-order valence-corrected chi connectivity index (χ4v) is 2.57. The van der Waals surface area contributed by atoms with E-state index in [-0.39, 0.29) is 12.0 Å². The normalized spacial score (nSPS) is 12.4. The van der Waals surface area contributed by atoms with Crippen molar-refractivity contribution >= 4 is 11.3 Å². The SMILES string of the molecule is COc1ccsc1C(O)Cc1cccc(F)c1F. The molecule has 0 amide bonds. The largest absolute Gasteiger partial charge is 0.495 e. The molecule has 1 N–H and O–H groups in total. The summed E-state index contributed by atoms with van der Waals surface area (Å²) in [6, 6.07) is 5.66. The van der Waals surface area contributed by atoms with Crippen molar-refractivity contribution in [1.82, 2.24) is 0 Å². The minimum atomic E-state index is -0.910. The Morgan fingerprint density at radius 1 is 1.33 bits per heavy atom. The van der Waals surface area contributed by atoms with Gasteiger partial charge in [-0.25, -0.2) is 8.78 Å². The summed E-state index contributed by atoms with van der Waals surface area (Å²) in [7, 11) is 1.50. The van der Waals surface area contributed by atoms with E-state index in [2.05, 4.69) is 0 Å². The van der Waals surface area contributed by atoms with E-state index in [1.54, 1.807) is 11.4 Å². The average Bonchev–Trinajstić information content (AvgIpc) is 2.83. The summed E-state index contributed by atoms with van der Waals surface area (Å²) in [6.07, 6.45) is -0.892. The molecular formula is C13H12F2O2S. The molecule has 0 saturated heterocycles. The van der Waals surface area contributed by atoms with Gasteiger partial charge >= 0.3 is 0 Å². The zero-order valence-electron chi connectivity index (χ0n) is 9.69. The molecular weight excluding hydrogens is 258 g/mol.